The molecule has 0 aliphatic carbocycles. The van der Waals surface area contributed by atoms with E-state index in [-0.39, 0.29) is 0 Å². The van der Waals surface area contributed by atoms with Gasteiger partial charge in [-0.05, 0) is 0 Å². The number of carbonyl (C=O) groups excluding carboxylic acids is 1. The number of hydrogen-bond acceptors (Lipinski definition) is 7. The normalized spacial score (nSPS) is 13.2. The van der Waals surface area contributed by atoms with Crippen LogP contribution in [0.5, 0.6) is 0 Å². The summed E-state index contributed by atoms with van der Waals surface area (Å²) in [5.74, 6) is 0.363. The molecule has 0 saturated heterocycles. The maximum atomic E-state index is 11.6. The lowest BCUT2D eigenvalue weighted by Gasteiger charge is -2.16. The van der Waals surface area contributed by atoms with Crippen molar-refractivity contribution in [2.45, 2.75) is 0 Å². The Morgan fingerprint density at radius 3 is 3.06 bits per heavy atom. The first-order valence-corrected chi connectivity index (χ1v) is 5.67. The number of rotatable bonds is 1. The zero-order valence-corrected chi connectivity index (χ0v) is 9.98. The molecule has 1 aliphatic rings. The molecule has 1 aliphatic heterocycles. The number of nitrogens with zero attached hydrogens (tertiary/aromatic N) is 4. The van der Waals surface area contributed by atoms with E-state index in [9.17, 15) is 4.79 Å². The zero-order valence-electron chi connectivity index (χ0n) is 9.17. The summed E-state index contributed by atoms with van der Waals surface area (Å²) in [6.07, 6.45) is 3.11. The topological polar surface area (TPSA) is 67.7 Å². The highest BCUT2D eigenvalue weighted by atomic mass is 32.1. The number of aliphatic imine (C=N–C) groups is 1. The van der Waals surface area contributed by atoms with Crippen molar-refractivity contribution in [3.63, 3.8) is 0 Å². The average molecular weight is 248 g/mol. The van der Waals surface area contributed by atoms with Crippen molar-refractivity contribution in [2.75, 3.05) is 19.1 Å². The third kappa shape index (κ3) is 1.32. The molecule has 17 heavy (non-hydrogen) atoms. The molecule has 0 fully saturated rings. The first kappa shape index (κ1) is 10.2. The number of anilines is 1. The van der Waals surface area contributed by atoms with Crippen LogP contribution in [-0.4, -0.2) is 36.4 Å². The van der Waals surface area contributed by atoms with Crippen LogP contribution in [0, 0.1) is 0 Å². The fourth-order valence-corrected chi connectivity index (χ4v) is 2.73. The predicted molar refractivity (Wildman–Crippen MR) is 65.3 cm³/mol. The van der Waals surface area contributed by atoms with E-state index < -0.39 is 5.97 Å². The van der Waals surface area contributed by atoms with Crippen molar-refractivity contribution >= 4 is 45.4 Å². The van der Waals surface area contributed by atoms with Crippen molar-refractivity contribution in [1.82, 2.24) is 9.97 Å². The molecule has 0 amide bonds. The lowest BCUT2D eigenvalue weighted by atomic mass is 10.2. The Labute approximate surface area is 101 Å². The van der Waals surface area contributed by atoms with E-state index in [0.29, 0.717) is 10.6 Å². The minimum atomic E-state index is -0.393. The summed E-state index contributed by atoms with van der Waals surface area (Å²) in [4.78, 5) is 27.2. The Morgan fingerprint density at radius 1 is 1.47 bits per heavy atom. The summed E-state index contributed by atoms with van der Waals surface area (Å²) in [5.41, 5.74) is 0.602. The lowest BCUT2D eigenvalue weighted by molar-refractivity contribution is 0.0607. The van der Waals surface area contributed by atoms with Gasteiger partial charge in [-0.25, -0.2) is 19.8 Å². The molecule has 0 spiro atoms. The molecule has 2 aromatic rings. The first-order chi connectivity index (χ1) is 8.22. The summed E-state index contributed by atoms with van der Waals surface area (Å²) >= 11 is 1.27. The molecule has 0 atom stereocenters. The quantitative estimate of drug-likeness (QED) is 0.717. The molecule has 0 aromatic carbocycles. The fraction of sp³-hybridized carbons (Fsp3) is 0.200. The molecule has 0 N–H and O–H groups in total. The molecule has 3 rings (SSSR count). The molecule has 6 nitrogen and oxygen atoms in total. The summed E-state index contributed by atoms with van der Waals surface area (Å²) < 4.78 is 4.73. The van der Waals surface area contributed by atoms with E-state index in [4.69, 9.17) is 4.74 Å². The molecule has 7 heteroatoms. The van der Waals surface area contributed by atoms with Crippen molar-refractivity contribution in [1.29, 1.82) is 0 Å². The molecular formula is C10H8N4O2S. The van der Waals surface area contributed by atoms with Gasteiger partial charge in [0.15, 0.2) is 0 Å². The maximum Gasteiger partial charge on any atom is 0.350 e. The zero-order chi connectivity index (χ0) is 12.0. The smallest absolute Gasteiger partial charge is 0.350 e. The standard InChI is InChI=1S/C10H8N4O2S/c1-14-4-13-6-5-8(14)11-3-12-9(5)17-7(6)10(15)16-2/h3-4H,1-2H3. The second-order valence-corrected chi connectivity index (χ2v) is 4.50. The minimum absolute atomic E-state index is 0.393. The monoisotopic (exact) mass is 248 g/mol. The van der Waals surface area contributed by atoms with Gasteiger partial charge in [-0.1, -0.05) is 0 Å². The van der Waals surface area contributed by atoms with Crippen molar-refractivity contribution in [3.05, 3.63) is 11.2 Å². The molecular weight excluding hydrogens is 240 g/mol. The fourth-order valence-electron chi connectivity index (χ4n) is 1.72. The number of thiophene rings is 1. The van der Waals surface area contributed by atoms with Gasteiger partial charge in [-0.15, -0.1) is 11.3 Å². The van der Waals surface area contributed by atoms with Crippen LogP contribution in [0.1, 0.15) is 9.67 Å². The van der Waals surface area contributed by atoms with E-state index in [1.807, 2.05) is 7.05 Å². The number of methoxy groups -OCH3 is 1. The van der Waals surface area contributed by atoms with Crippen LogP contribution in [0.25, 0.3) is 10.2 Å². The highest BCUT2D eigenvalue weighted by Gasteiger charge is 2.25. The number of aromatic nitrogens is 2. The van der Waals surface area contributed by atoms with E-state index >= 15 is 0 Å². The highest BCUT2D eigenvalue weighted by Crippen LogP contribution is 2.42. The second-order valence-electron chi connectivity index (χ2n) is 3.50. The van der Waals surface area contributed by atoms with Crippen LogP contribution < -0.4 is 4.90 Å². The predicted octanol–water partition coefficient (Wildman–Crippen LogP) is 1.59. The Hall–Kier alpha value is -2.02. The number of carbonyl (C=O) groups is 1. The Kier molecular flexibility index (Phi) is 2.08. The van der Waals surface area contributed by atoms with E-state index in [0.717, 1.165) is 16.0 Å². The van der Waals surface area contributed by atoms with Crippen LogP contribution in [0.15, 0.2) is 11.3 Å². The van der Waals surface area contributed by atoms with Crippen molar-refractivity contribution in [3.8, 4) is 0 Å². The summed E-state index contributed by atoms with van der Waals surface area (Å²) in [5, 5.41) is 0.808. The summed E-state index contributed by atoms with van der Waals surface area (Å²) in [7, 11) is 3.20. The molecule has 0 bridgehead atoms. The van der Waals surface area contributed by atoms with Crippen molar-refractivity contribution in [2.24, 2.45) is 4.99 Å². The van der Waals surface area contributed by atoms with E-state index in [1.165, 1.54) is 24.8 Å². The van der Waals surface area contributed by atoms with Crippen LogP contribution in [0.2, 0.25) is 0 Å². The third-order valence-corrected chi connectivity index (χ3v) is 3.58. The maximum absolute atomic E-state index is 11.6. The van der Waals surface area contributed by atoms with E-state index in [2.05, 4.69) is 15.0 Å². The van der Waals surface area contributed by atoms with Gasteiger partial charge in [0.05, 0.1) is 18.8 Å². The molecule has 2 aromatic heterocycles. The molecule has 86 valence electrons. The first-order valence-electron chi connectivity index (χ1n) is 4.85. The number of hydrogen-bond donors (Lipinski definition) is 0. The summed E-state index contributed by atoms with van der Waals surface area (Å²) in [6.45, 7) is 0. The van der Waals surface area contributed by atoms with Gasteiger partial charge in [-0.3, -0.25) is 0 Å². The van der Waals surface area contributed by atoms with Crippen LogP contribution in [-0.2, 0) is 4.74 Å². The molecule has 3 heterocycles. The van der Waals surface area contributed by atoms with Gasteiger partial charge >= 0.3 is 5.97 Å². The third-order valence-electron chi connectivity index (χ3n) is 2.51. The second kappa shape index (κ2) is 3.49. The SMILES string of the molecule is COC(=O)c1sc2ncnc3c2c1N=CN3C. The van der Waals surface area contributed by atoms with Gasteiger partial charge in [0, 0.05) is 7.05 Å². The van der Waals surface area contributed by atoms with Gasteiger partial charge < -0.3 is 9.64 Å². The van der Waals surface area contributed by atoms with E-state index in [1.54, 1.807) is 11.2 Å². The van der Waals surface area contributed by atoms with Gasteiger partial charge in [-0.2, -0.15) is 0 Å². The minimum Gasteiger partial charge on any atom is -0.465 e. The Morgan fingerprint density at radius 2 is 2.29 bits per heavy atom. The van der Waals surface area contributed by atoms with Crippen LogP contribution >= 0.6 is 11.3 Å². The largest absolute Gasteiger partial charge is 0.465 e. The lowest BCUT2D eigenvalue weighted by Crippen LogP contribution is -2.18. The number of esters is 1. The molecule has 0 radical (unpaired) electrons. The molecule has 0 unspecified atom stereocenters. The average Bonchev–Trinajstić information content (AvgIpc) is 2.73. The summed E-state index contributed by atoms with van der Waals surface area (Å²) in [6, 6.07) is 0. The van der Waals surface area contributed by atoms with Crippen LogP contribution in [0.4, 0.5) is 11.5 Å². The van der Waals surface area contributed by atoms with Gasteiger partial charge in [0.2, 0.25) is 0 Å². The van der Waals surface area contributed by atoms with Gasteiger partial charge in [0.1, 0.15) is 27.5 Å². The van der Waals surface area contributed by atoms with Crippen LogP contribution in [0.3, 0.4) is 0 Å². The Bertz CT molecular complexity index is 649. The highest BCUT2D eigenvalue weighted by molar-refractivity contribution is 7.21. The number of ether oxygens (including phenoxy) is 1. The Balaban J connectivity index is 2.37. The van der Waals surface area contributed by atoms with Gasteiger partial charge in [0.25, 0.3) is 0 Å². The molecule has 0 saturated carbocycles. The van der Waals surface area contributed by atoms with Crippen molar-refractivity contribution < 1.29 is 9.53 Å².